The van der Waals surface area contributed by atoms with Gasteiger partial charge in [-0.15, -0.1) is 0 Å². The number of carboxylic acid groups (broad SMARTS) is 1. The van der Waals surface area contributed by atoms with E-state index in [1.54, 1.807) is 55.5 Å². The second-order valence-corrected chi connectivity index (χ2v) is 4.38. The number of ketones is 1. The van der Waals surface area contributed by atoms with Crippen molar-refractivity contribution in [1.82, 2.24) is 0 Å². The van der Waals surface area contributed by atoms with Crippen LogP contribution in [0.25, 0.3) is 0 Å². The van der Waals surface area contributed by atoms with Gasteiger partial charge in [0.25, 0.3) is 0 Å². The number of carbonyl (C=O) groups excluding carboxylic acids is 1. The molecule has 1 atom stereocenters. The monoisotopic (exact) mass is 277 g/mol. The van der Waals surface area contributed by atoms with Gasteiger partial charge in [-0.1, -0.05) is 48.5 Å². The maximum atomic E-state index is 12.2. The Morgan fingerprint density at radius 2 is 1.55 bits per heavy atom. The predicted molar refractivity (Wildman–Crippen MR) is 78.1 cm³/mol. The normalized spacial score (nSPS) is 11.2. The Labute approximate surface area is 139 Å². The standard InChI is InChI=1S/C16H14O3.Na/c1-11(16(18)19)13-8-5-9-14(10-13)15(17)12-6-3-2-4-7-12;/h2-11H,1H3,(H,18,19);. The Balaban J connectivity index is 0.00000200. The van der Waals surface area contributed by atoms with Crippen LogP contribution >= 0.6 is 0 Å². The fraction of sp³-hybridized carbons (Fsp3) is 0.125. The smallest absolute Gasteiger partial charge is 0.310 e. The van der Waals surface area contributed by atoms with Gasteiger partial charge in [-0.3, -0.25) is 9.59 Å². The Morgan fingerprint density at radius 1 is 0.950 bits per heavy atom. The molecule has 0 heterocycles. The Bertz CT molecular complexity index is 608. The Morgan fingerprint density at radius 3 is 2.15 bits per heavy atom. The number of hydrogen-bond acceptors (Lipinski definition) is 2. The summed E-state index contributed by atoms with van der Waals surface area (Å²) < 4.78 is 0. The average molecular weight is 277 g/mol. The van der Waals surface area contributed by atoms with Crippen molar-refractivity contribution in [2.75, 3.05) is 0 Å². The molecule has 0 saturated carbocycles. The van der Waals surface area contributed by atoms with Crippen molar-refractivity contribution in [2.45, 2.75) is 12.8 Å². The summed E-state index contributed by atoms with van der Waals surface area (Å²) >= 11 is 0. The van der Waals surface area contributed by atoms with Gasteiger partial charge in [0.05, 0.1) is 5.92 Å². The summed E-state index contributed by atoms with van der Waals surface area (Å²) in [4.78, 5) is 23.2. The van der Waals surface area contributed by atoms with Gasteiger partial charge in [0.2, 0.25) is 0 Å². The second kappa shape index (κ2) is 7.39. The van der Waals surface area contributed by atoms with E-state index < -0.39 is 11.9 Å². The van der Waals surface area contributed by atoms with E-state index in [1.807, 2.05) is 6.07 Å². The predicted octanol–water partition coefficient (Wildman–Crippen LogP) is 2.72. The number of carboxylic acids is 1. The van der Waals surface area contributed by atoms with Crippen molar-refractivity contribution in [3.05, 3.63) is 71.3 Å². The molecule has 3 nitrogen and oxygen atoms in total. The summed E-state index contributed by atoms with van der Waals surface area (Å²) in [5.74, 6) is -1.62. The third-order valence-electron chi connectivity index (χ3n) is 3.06. The first-order chi connectivity index (χ1) is 9.09. The summed E-state index contributed by atoms with van der Waals surface area (Å²) in [6.45, 7) is 1.61. The van der Waals surface area contributed by atoms with E-state index in [2.05, 4.69) is 0 Å². The quantitative estimate of drug-likeness (QED) is 0.690. The molecular weight excluding hydrogens is 263 g/mol. The Hall–Kier alpha value is -1.42. The maximum absolute atomic E-state index is 12.2. The van der Waals surface area contributed by atoms with Gasteiger partial charge < -0.3 is 5.11 Å². The summed E-state index contributed by atoms with van der Waals surface area (Å²) in [7, 11) is 0. The number of benzene rings is 2. The van der Waals surface area contributed by atoms with E-state index in [4.69, 9.17) is 5.11 Å². The fourth-order valence-corrected chi connectivity index (χ4v) is 1.85. The van der Waals surface area contributed by atoms with Crippen molar-refractivity contribution in [3.63, 3.8) is 0 Å². The molecule has 0 saturated heterocycles. The van der Waals surface area contributed by atoms with E-state index in [0.717, 1.165) is 0 Å². The first-order valence-corrected chi connectivity index (χ1v) is 6.02. The van der Waals surface area contributed by atoms with Gasteiger partial charge in [0, 0.05) is 40.7 Å². The molecule has 0 aliphatic rings. The van der Waals surface area contributed by atoms with Gasteiger partial charge in [-0.05, 0) is 18.6 Å². The molecule has 1 N–H and O–H groups in total. The van der Waals surface area contributed by atoms with Crippen LogP contribution in [0.15, 0.2) is 54.6 Å². The molecule has 1 radical (unpaired) electrons. The Kier molecular flexibility index (Phi) is 6.14. The van der Waals surface area contributed by atoms with Crippen molar-refractivity contribution in [1.29, 1.82) is 0 Å². The van der Waals surface area contributed by atoms with E-state index in [9.17, 15) is 9.59 Å². The molecule has 0 aliphatic carbocycles. The van der Waals surface area contributed by atoms with Crippen LogP contribution in [0.1, 0.15) is 34.3 Å². The number of carbonyl (C=O) groups is 2. The summed E-state index contributed by atoms with van der Waals surface area (Å²) in [5.41, 5.74) is 1.74. The third kappa shape index (κ3) is 3.79. The van der Waals surface area contributed by atoms with E-state index in [0.29, 0.717) is 16.7 Å². The maximum Gasteiger partial charge on any atom is 0.310 e. The minimum Gasteiger partial charge on any atom is -0.481 e. The van der Waals surface area contributed by atoms with Gasteiger partial charge in [0.1, 0.15) is 0 Å². The molecule has 4 heteroatoms. The van der Waals surface area contributed by atoms with Crippen LogP contribution < -0.4 is 0 Å². The minimum absolute atomic E-state index is 0. The van der Waals surface area contributed by atoms with Crippen LogP contribution in [-0.4, -0.2) is 46.4 Å². The zero-order valence-corrected chi connectivity index (χ0v) is 13.5. The first-order valence-electron chi connectivity index (χ1n) is 6.02. The van der Waals surface area contributed by atoms with Crippen LogP contribution in [0.5, 0.6) is 0 Å². The van der Waals surface area contributed by atoms with E-state index in [-0.39, 0.29) is 35.3 Å². The van der Waals surface area contributed by atoms with Crippen LogP contribution in [-0.2, 0) is 4.79 Å². The van der Waals surface area contributed by atoms with Gasteiger partial charge >= 0.3 is 5.97 Å². The van der Waals surface area contributed by atoms with Crippen molar-refractivity contribution in [3.8, 4) is 0 Å². The molecule has 0 amide bonds. The molecular formula is C16H14NaO3. The summed E-state index contributed by atoms with van der Waals surface area (Å²) in [5, 5.41) is 9.00. The van der Waals surface area contributed by atoms with Crippen LogP contribution in [0.4, 0.5) is 0 Å². The van der Waals surface area contributed by atoms with Crippen molar-refractivity contribution in [2.24, 2.45) is 0 Å². The van der Waals surface area contributed by atoms with Crippen molar-refractivity contribution < 1.29 is 14.7 Å². The average Bonchev–Trinajstić information content (AvgIpc) is 2.46. The van der Waals surface area contributed by atoms with Crippen LogP contribution in [0, 0.1) is 0 Å². The molecule has 0 bridgehead atoms. The number of aliphatic carboxylic acids is 1. The zero-order valence-electron chi connectivity index (χ0n) is 11.5. The molecule has 2 aromatic rings. The molecule has 2 rings (SSSR count). The SMILES string of the molecule is CC(C(=O)O)c1cccc(C(=O)c2ccccc2)c1.[Na]. The number of hydrogen-bond donors (Lipinski definition) is 1. The van der Waals surface area contributed by atoms with Crippen molar-refractivity contribution >= 4 is 41.3 Å². The molecule has 0 spiro atoms. The molecule has 20 heavy (non-hydrogen) atoms. The topological polar surface area (TPSA) is 54.4 Å². The summed E-state index contributed by atoms with van der Waals surface area (Å²) in [6, 6.07) is 15.7. The third-order valence-corrected chi connectivity index (χ3v) is 3.06. The van der Waals surface area contributed by atoms with Gasteiger partial charge in [-0.2, -0.15) is 0 Å². The molecule has 2 aromatic carbocycles. The van der Waals surface area contributed by atoms with E-state index in [1.165, 1.54) is 0 Å². The second-order valence-electron chi connectivity index (χ2n) is 4.38. The molecule has 0 aliphatic heterocycles. The molecule has 1 unspecified atom stereocenters. The van der Waals surface area contributed by atoms with Gasteiger partial charge in [-0.25, -0.2) is 0 Å². The minimum atomic E-state index is -0.899. The summed E-state index contributed by atoms with van der Waals surface area (Å²) in [6.07, 6.45) is 0. The molecule has 0 fully saturated rings. The number of rotatable bonds is 4. The van der Waals surface area contributed by atoms with Crippen LogP contribution in [0.3, 0.4) is 0 Å². The van der Waals surface area contributed by atoms with Crippen LogP contribution in [0.2, 0.25) is 0 Å². The molecule has 97 valence electrons. The first kappa shape index (κ1) is 16.6. The zero-order chi connectivity index (χ0) is 13.8. The van der Waals surface area contributed by atoms with Gasteiger partial charge in [0.15, 0.2) is 5.78 Å². The molecule has 0 aromatic heterocycles. The fourth-order valence-electron chi connectivity index (χ4n) is 1.85. The largest absolute Gasteiger partial charge is 0.481 e. The van der Waals surface area contributed by atoms with E-state index >= 15 is 0 Å².